The quantitative estimate of drug-likeness (QED) is 0.838. The van der Waals surface area contributed by atoms with Crippen LogP contribution >= 0.6 is 11.3 Å². The van der Waals surface area contributed by atoms with E-state index in [1.54, 1.807) is 18.4 Å². The summed E-state index contributed by atoms with van der Waals surface area (Å²) in [4.78, 5) is 0.965. The van der Waals surface area contributed by atoms with Crippen LogP contribution in [0.3, 0.4) is 0 Å². The van der Waals surface area contributed by atoms with Crippen LogP contribution in [0, 0.1) is 5.41 Å². The molecule has 3 heteroatoms. The Balaban J connectivity index is 2.81. The van der Waals surface area contributed by atoms with Gasteiger partial charge in [0.25, 0.3) is 0 Å². The van der Waals surface area contributed by atoms with Gasteiger partial charge in [-0.15, -0.1) is 11.3 Å². The fourth-order valence-electron chi connectivity index (χ4n) is 1.56. The summed E-state index contributed by atoms with van der Waals surface area (Å²) in [7, 11) is 1.65. The van der Waals surface area contributed by atoms with Crippen LogP contribution in [0.5, 0.6) is 0 Å². The first-order valence-electron chi connectivity index (χ1n) is 4.71. The summed E-state index contributed by atoms with van der Waals surface area (Å²) in [5.74, 6) is 0. The minimum atomic E-state index is -0.528. The van der Waals surface area contributed by atoms with Gasteiger partial charge in [-0.2, -0.15) is 0 Å². The fourth-order valence-corrected chi connectivity index (χ4v) is 2.30. The molecule has 0 fully saturated rings. The zero-order valence-corrected chi connectivity index (χ0v) is 9.97. The fraction of sp³-hybridized carbons (Fsp3) is 0.636. The molecule has 2 nitrogen and oxygen atoms in total. The van der Waals surface area contributed by atoms with Crippen LogP contribution in [0.2, 0.25) is 0 Å². The largest absolute Gasteiger partial charge is 0.385 e. The lowest BCUT2D eigenvalue weighted by Gasteiger charge is -2.32. The van der Waals surface area contributed by atoms with Gasteiger partial charge < -0.3 is 9.84 Å². The van der Waals surface area contributed by atoms with Gasteiger partial charge in [-0.25, -0.2) is 0 Å². The molecule has 1 heterocycles. The molecule has 2 unspecified atom stereocenters. The molecule has 2 atom stereocenters. The third kappa shape index (κ3) is 2.56. The van der Waals surface area contributed by atoms with Crippen LogP contribution in [-0.2, 0) is 4.74 Å². The van der Waals surface area contributed by atoms with E-state index in [4.69, 9.17) is 4.74 Å². The third-order valence-corrected chi connectivity index (χ3v) is 3.17. The number of rotatable bonds is 3. The van der Waals surface area contributed by atoms with Gasteiger partial charge in [0.15, 0.2) is 0 Å². The summed E-state index contributed by atoms with van der Waals surface area (Å²) < 4.78 is 5.36. The van der Waals surface area contributed by atoms with Crippen LogP contribution < -0.4 is 0 Å². The molecule has 0 saturated heterocycles. The van der Waals surface area contributed by atoms with Gasteiger partial charge in [-0.3, -0.25) is 0 Å². The number of hydrogen-bond acceptors (Lipinski definition) is 3. The van der Waals surface area contributed by atoms with Gasteiger partial charge in [0.05, 0.1) is 6.10 Å². The Kier molecular flexibility index (Phi) is 3.70. The molecule has 1 aromatic rings. The maximum absolute atomic E-state index is 10.1. The number of hydrogen-bond donors (Lipinski definition) is 1. The van der Waals surface area contributed by atoms with Gasteiger partial charge >= 0.3 is 0 Å². The van der Waals surface area contributed by atoms with E-state index in [0.717, 1.165) is 4.88 Å². The molecule has 0 saturated carbocycles. The van der Waals surface area contributed by atoms with Gasteiger partial charge in [0.1, 0.15) is 6.10 Å². The number of thiophene rings is 1. The normalized spacial score (nSPS) is 16.6. The smallest absolute Gasteiger partial charge is 0.115 e. The minimum absolute atomic E-state index is 0.0574. The van der Waals surface area contributed by atoms with Crippen LogP contribution in [-0.4, -0.2) is 18.3 Å². The summed E-state index contributed by atoms with van der Waals surface area (Å²) >= 11 is 1.56. The van der Waals surface area contributed by atoms with Crippen LogP contribution in [0.1, 0.15) is 31.8 Å². The lowest BCUT2D eigenvalue weighted by Crippen LogP contribution is -2.34. The van der Waals surface area contributed by atoms with Crippen molar-refractivity contribution in [2.24, 2.45) is 5.41 Å². The number of ether oxygens (including phenoxy) is 1. The van der Waals surface area contributed by atoms with E-state index in [9.17, 15) is 5.11 Å². The van der Waals surface area contributed by atoms with E-state index in [1.807, 2.05) is 17.5 Å². The second kappa shape index (κ2) is 4.43. The molecule has 0 aliphatic rings. The van der Waals surface area contributed by atoms with E-state index >= 15 is 0 Å². The average molecular weight is 214 g/mol. The first-order valence-corrected chi connectivity index (χ1v) is 5.59. The Hall–Kier alpha value is -0.380. The van der Waals surface area contributed by atoms with Gasteiger partial charge in [-0.05, 0) is 16.9 Å². The topological polar surface area (TPSA) is 29.5 Å². The number of aliphatic hydroxyl groups is 1. The SMILES string of the molecule is COC(C(O)c1cccs1)C(C)(C)C. The predicted octanol–water partition coefficient (Wildman–Crippen LogP) is 2.84. The van der Waals surface area contributed by atoms with Crippen LogP contribution in [0.15, 0.2) is 17.5 Å². The summed E-state index contributed by atoms with van der Waals surface area (Å²) in [6.07, 6.45) is -0.693. The highest BCUT2D eigenvalue weighted by molar-refractivity contribution is 7.10. The van der Waals surface area contributed by atoms with Crippen molar-refractivity contribution in [2.45, 2.75) is 33.0 Å². The molecule has 14 heavy (non-hydrogen) atoms. The number of aliphatic hydroxyl groups excluding tert-OH is 1. The molecule has 0 amide bonds. The van der Waals surface area contributed by atoms with Crippen molar-refractivity contribution in [2.75, 3.05) is 7.11 Å². The molecular formula is C11H18O2S. The first-order chi connectivity index (χ1) is 6.46. The standard InChI is InChI=1S/C11H18O2S/c1-11(2,3)10(13-4)9(12)8-6-5-7-14-8/h5-7,9-10,12H,1-4H3. The van der Waals surface area contributed by atoms with Crippen molar-refractivity contribution in [3.8, 4) is 0 Å². The Morgan fingerprint density at radius 1 is 1.43 bits per heavy atom. The molecule has 0 aliphatic heterocycles. The van der Waals surface area contributed by atoms with E-state index in [2.05, 4.69) is 20.8 Å². The zero-order valence-electron chi connectivity index (χ0n) is 9.15. The van der Waals surface area contributed by atoms with Gasteiger partial charge in [-0.1, -0.05) is 26.8 Å². The summed E-state index contributed by atoms with van der Waals surface area (Å²) in [5.41, 5.74) is -0.0574. The molecule has 0 bridgehead atoms. The summed E-state index contributed by atoms with van der Waals surface area (Å²) in [6, 6.07) is 3.88. The van der Waals surface area contributed by atoms with Gasteiger partial charge in [0, 0.05) is 12.0 Å². The monoisotopic (exact) mass is 214 g/mol. The number of methoxy groups -OCH3 is 1. The predicted molar refractivity (Wildman–Crippen MR) is 59.5 cm³/mol. The highest BCUT2D eigenvalue weighted by Gasteiger charge is 2.32. The lowest BCUT2D eigenvalue weighted by molar-refractivity contribution is -0.0710. The van der Waals surface area contributed by atoms with Crippen molar-refractivity contribution >= 4 is 11.3 Å². The average Bonchev–Trinajstić information content (AvgIpc) is 2.53. The zero-order chi connectivity index (χ0) is 10.8. The van der Waals surface area contributed by atoms with Crippen molar-refractivity contribution in [3.63, 3.8) is 0 Å². The Labute approximate surface area is 89.5 Å². The molecular weight excluding hydrogens is 196 g/mol. The van der Waals surface area contributed by atoms with Crippen LogP contribution in [0.4, 0.5) is 0 Å². The van der Waals surface area contributed by atoms with E-state index in [1.165, 1.54) is 0 Å². The first kappa shape index (κ1) is 11.7. The van der Waals surface area contributed by atoms with Crippen molar-refractivity contribution in [3.05, 3.63) is 22.4 Å². The van der Waals surface area contributed by atoms with Crippen molar-refractivity contribution < 1.29 is 9.84 Å². The van der Waals surface area contributed by atoms with E-state index in [-0.39, 0.29) is 11.5 Å². The highest BCUT2D eigenvalue weighted by Crippen LogP contribution is 2.33. The van der Waals surface area contributed by atoms with E-state index in [0.29, 0.717) is 0 Å². The Morgan fingerprint density at radius 2 is 2.07 bits per heavy atom. The molecule has 80 valence electrons. The molecule has 0 aliphatic carbocycles. The Bertz CT molecular complexity index is 261. The maximum atomic E-state index is 10.1. The van der Waals surface area contributed by atoms with Gasteiger partial charge in [0.2, 0.25) is 0 Å². The summed E-state index contributed by atoms with van der Waals surface area (Å²) in [5, 5.41) is 12.1. The molecule has 0 radical (unpaired) electrons. The van der Waals surface area contributed by atoms with E-state index < -0.39 is 6.10 Å². The molecule has 0 aromatic carbocycles. The third-order valence-electron chi connectivity index (χ3n) is 2.23. The molecule has 0 spiro atoms. The summed E-state index contributed by atoms with van der Waals surface area (Å²) in [6.45, 7) is 6.20. The maximum Gasteiger partial charge on any atom is 0.115 e. The highest BCUT2D eigenvalue weighted by atomic mass is 32.1. The molecule has 1 N–H and O–H groups in total. The second-order valence-corrected chi connectivity index (χ2v) is 5.46. The lowest BCUT2D eigenvalue weighted by atomic mass is 9.85. The minimum Gasteiger partial charge on any atom is -0.385 e. The van der Waals surface area contributed by atoms with Crippen molar-refractivity contribution in [1.29, 1.82) is 0 Å². The molecule has 1 rings (SSSR count). The van der Waals surface area contributed by atoms with Crippen LogP contribution in [0.25, 0.3) is 0 Å². The Morgan fingerprint density at radius 3 is 2.43 bits per heavy atom. The molecule has 1 aromatic heterocycles. The van der Waals surface area contributed by atoms with Crippen molar-refractivity contribution in [1.82, 2.24) is 0 Å². The second-order valence-electron chi connectivity index (χ2n) is 4.48.